The minimum Gasteiger partial charge on any atom is -0.371 e. The second kappa shape index (κ2) is 7.92. The van der Waals surface area contributed by atoms with Crippen molar-refractivity contribution in [2.24, 2.45) is 0 Å². The Bertz CT molecular complexity index is 703. The molecular formula is C24H38N4O. The summed E-state index contributed by atoms with van der Waals surface area (Å²) in [6, 6.07) is 9.81. The van der Waals surface area contributed by atoms with E-state index in [4.69, 9.17) is 0 Å². The van der Waals surface area contributed by atoms with Crippen LogP contribution in [0, 0.1) is 0 Å². The summed E-state index contributed by atoms with van der Waals surface area (Å²) in [6.45, 7) is 12.3. The number of carbonyl (C=O) groups is 1. The number of hydrogen-bond acceptors (Lipinski definition) is 4. The normalized spacial score (nSPS) is 25.6. The number of nitrogens with one attached hydrogen (secondary N) is 2. The van der Waals surface area contributed by atoms with E-state index in [0.29, 0.717) is 18.5 Å². The molecule has 29 heavy (non-hydrogen) atoms. The van der Waals surface area contributed by atoms with Gasteiger partial charge in [-0.05, 0) is 84.1 Å². The Hall–Kier alpha value is -1.59. The molecule has 2 N–H and O–H groups in total. The maximum Gasteiger partial charge on any atom is 0.227 e. The highest BCUT2D eigenvalue weighted by molar-refractivity contribution is 5.95. The van der Waals surface area contributed by atoms with Gasteiger partial charge in [0.25, 0.3) is 0 Å². The number of carbonyl (C=O) groups excluding carboxylic acids is 1. The van der Waals surface area contributed by atoms with Gasteiger partial charge in [-0.15, -0.1) is 0 Å². The first-order chi connectivity index (χ1) is 13.7. The van der Waals surface area contributed by atoms with Crippen LogP contribution in [0.15, 0.2) is 24.3 Å². The van der Waals surface area contributed by atoms with Crippen molar-refractivity contribution in [1.29, 1.82) is 0 Å². The van der Waals surface area contributed by atoms with Gasteiger partial charge in [-0.1, -0.05) is 0 Å². The van der Waals surface area contributed by atoms with E-state index in [0.717, 1.165) is 31.7 Å². The summed E-state index contributed by atoms with van der Waals surface area (Å²) in [6.07, 6.45) is 6.43. The summed E-state index contributed by atoms with van der Waals surface area (Å²) in [5, 5.41) is 7.76. The maximum absolute atomic E-state index is 11.9. The summed E-state index contributed by atoms with van der Waals surface area (Å²) >= 11 is 0. The van der Waals surface area contributed by atoms with Crippen LogP contribution in [0.4, 0.5) is 11.4 Å². The van der Waals surface area contributed by atoms with Crippen LogP contribution in [0.3, 0.4) is 0 Å². The lowest BCUT2D eigenvalue weighted by atomic mass is 9.79. The molecule has 0 spiro atoms. The zero-order valence-corrected chi connectivity index (χ0v) is 18.6. The van der Waals surface area contributed by atoms with Gasteiger partial charge in [-0.2, -0.15) is 0 Å². The molecule has 0 unspecified atom stereocenters. The first-order valence-electron chi connectivity index (χ1n) is 11.4. The molecule has 3 aliphatic heterocycles. The predicted octanol–water partition coefficient (Wildman–Crippen LogP) is 3.68. The first kappa shape index (κ1) is 20.7. The van der Waals surface area contributed by atoms with Crippen LogP contribution in [-0.2, 0) is 4.79 Å². The van der Waals surface area contributed by atoms with E-state index in [1.807, 2.05) is 4.90 Å². The molecule has 0 saturated carbocycles. The Morgan fingerprint density at radius 3 is 2.03 bits per heavy atom. The molecule has 1 aromatic rings. The fourth-order valence-electron chi connectivity index (χ4n) is 5.84. The number of nitrogens with zero attached hydrogens (tertiary/aromatic N) is 2. The molecule has 3 fully saturated rings. The third-order valence-corrected chi connectivity index (χ3v) is 6.76. The Kier molecular flexibility index (Phi) is 5.64. The number of amides is 1. The average molecular weight is 399 g/mol. The average Bonchev–Trinajstić information content (AvgIpc) is 3.06. The van der Waals surface area contributed by atoms with E-state index < -0.39 is 0 Å². The first-order valence-corrected chi connectivity index (χ1v) is 11.4. The van der Waals surface area contributed by atoms with E-state index in [-0.39, 0.29) is 17.0 Å². The van der Waals surface area contributed by atoms with E-state index in [2.05, 4.69) is 67.5 Å². The summed E-state index contributed by atoms with van der Waals surface area (Å²) < 4.78 is 0. The van der Waals surface area contributed by atoms with Gasteiger partial charge in [0.05, 0.1) is 0 Å². The lowest BCUT2D eigenvalue weighted by Gasteiger charge is -2.48. The van der Waals surface area contributed by atoms with E-state index >= 15 is 0 Å². The summed E-state index contributed by atoms with van der Waals surface area (Å²) in [4.78, 5) is 16.4. The van der Waals surface area contributed by atoms with E-state index in [1.54, 1.807) is 0 Å². The quantitative estimate of drug-likeness (QED) is 0.812. The summed E-state index contributed by atoms with van der Waals surface area (Å²) in [5.41, 5.74) is 2.71. The van der Waals surface area contributed by atoms with Crippen molar-refractivity contribution in [3.05, 3.63) is 24.3 Å². The molecule has 160 valence electrons. The Balaban J connectivity index is 1.30. The number of hydrogen-bond donors (Lipinski definition) is 2. The van der Waals surface area contributed by atoms with Crippen molar-refractivity contribution in [3.63, 3.8) is 0 Å². The highest BCUT2D eigenvalue weighted by Gasteiger charge is 2.38. The van der Waals surface area contributed by atoms with Gasteiger partial charge >= 0.3 is 0 Å². The molecule has 5 nitrogen and oxygen atoms in total. The highest BCUT2D eigenvalue weighted by Crippen LogP contribution is 2.30. The number of rotatable bonds is 4. The molecule has 3 heterocycles. The van der Waals surface area contributed by atoms with Crippen LogP contribution in [0.1, 0.15) is 66.2 Å². The lowest BCUT2D eigenvalue weighted by molar-refractivity contribution is -0.117. The lowest BCUT2D eigenvalue weighted by Crippen LogP contribution is -2.63. The molecule has 0 bridgehead atoms. The van der Waals surface area contributed by atoms with Crippen molar-refractivity contribution < 1.29 is 4.79 Å². The SMILES string of the molecule is CC1(C)CC(NC2CCN(c3ccc(N4CCCC4=O)cc3)CC2)CC(C)(C)N1. The van der Waals surface area contributed by atoms with Crippen molar-refractivity contribution in [1.82, 2.24) is 10.6 Å². The van der Waals surface area contributed by atoms with Gasteiger partial charge in [0, 0.05) is 60.6 Å². The standard InChI is InChI=1S/C24H38N4O/c1-23(2)16-19(17-24(3,4)26-23)25-18-11-14-27(15-12-18)20-7-9-21(10-8-20)28-13-5-6-22(28)29/h7-10,18-19,25-26H,5-6,11-17H2,1-4H3. The summed E-state index contributed by atoms with van der Waals surface area (Å²) in [7, 11) is 0. The minimum atomic E-state index is 0.193. The van der Waals surface area contributed by atoms with Gasteiger partial charge < -0.3 is 20.4 Å². The van der Waals surface area contributed by atoms with Crippen LogP contribution in [0.5, 0.6) is 0 Å². The zero-order valence-electron chi connectivity index (χ0n) is 18.6. The van der Waals surface area contributed by atoms with E-state index in [1.165, 1.54) is 31.4 Å². The van der Waals surface area contributed by atoms with Gasteiger partial charge in [0.15, 0.2) is 0 Å². The van der Waals surface area contributed by atoms with Gasteiger partial charge in [-0.25, -0.2) is 0 Å². The molecular weight excluding hydrogens is 360 g/mol. The maximum atomic E-state index is 11.9. The number of anilines is 2. The zero-order chi connectivity index (χ0) is 20.6. The topological polar surface area (TPSA) is 47.6 Å². The molecule has 1 aromatic carbocycles. The van der Waals surface area contributed by atoms with Gasteiger partial charge in [0.1, 0.15) is 0 Å². The highest BCUT2D eigenvalue weighted by atomic mass is 16.2. The monoisotopic (exact) mass is 398 g/mol. The molecule has 4 rings (SSSR count). The van der Waals surface area contributed by atoms with Crippen molar-refractivity contribution in [2.45, 2.75) is 89.4 Å². The van der Waals surface area contributed by atoms with E-state index in [9.17, 15) is 4.79 Å². The van der Waals surface area contributed by atoms with Crippen LogP contribution >= 0.6 is 0 Å². The van der Waals surface area contributed by atoms with Gasteiger partial charge in [-0.3, -0.25) is 4.79 Å². The van der Waals surface area contributed by atoms with Crippen molar-refractivity contribution in [3.8, 4) is 0 Å². The fourth-order valence-corrected chi connectivity index (χ4v) is 5.84. The molecule has 1 amide bonds. The molecule has 5 heteroatoms. The predicted molar refractivity (Wildman–Crippen MR) is 121 cm³/mol. The second-order valence-electron chi connectivity index (χ2n) is 10.6. The Labute approximate surface area is 176 Å². The second-order valence-corrected chi connectivity index (χ2v) is 10.6. The van der Waals surface area contributed by atoms with Crippen molar-refractivity contribution >= 4 is 17.3 Å². The fraction of sp³-hybridized carbons (Fsp3) is 0.708. The third kappa shape index (κ3) is 4.95. The van der Waals surface area contributed by atoms with Crippen LogP contribution in [0.25, 0.3) is 0 Å². The molecule has 0 atom stereocenters. The van der Waals surface area contributed by atoms with Crippen LogP contribution in [-0.4, -0.2) is 48.7 Å². The van der Waals surface area contributed by atoms with Crippen molar-refractivity contribution in [2.75, 3.05) is 29.4 Å². The Morgan fingerprint density at radius 2 is 1.48 bits per heavy atom. The molecule has 3 aliphatic rings. The largest absolute Gasteiger partial charge is 0.371 e. The minimum absolute atomic E-state index is 0.193. The smallest absolute Gasteiger partial charge is 0.227 e. The third-order valence-electron chi connectivity index (χ3n) is 6.76. The number of piperidine rings is 2. The van der Waals surface area contributed by atoms with Crippen LogP contribution in [0.2, 0.25) is 0 Å². The number of benzene rings is 1. The summed E-state index contributed by atoms with van der Waals surface area (Å²) in [5.74, 6) is 0.258. The Morgan fingerprint density at radius 1 is 0.897 bits per heavy atom. The molecule has 0 aliphatic carbocycles. The molecule has 3 saturated heterocycles. The van der Waals surface area contributed by atoms with Crippen LogP contribution < -0.4 is 20.4 Å². The molecule has 0 radical (unpaired) electrons. The van der Waals surface area contributed by atoms with Gasteiger partial charge in [0.2, 0.25) is 5.91 Å². The molecule has 0 aromatic heterocycles.